The van der Waals surface area contributed by atoms with Gasteiger partial charge in [-0.25, -0.2) is 8.42 Å². The number of rotatable bonds is 5. The number of hydrogen-bond acceptors (Lipinski definition) is 4. The number of nitrogens with zero attached hydrogens (tertiary/aromatic N) is 1. The molecule has 3 rings (SSSR count). The van der Waals surface area contributed by atoms with Crippen LogP contribution in [-0.2, 0) is 15.8 Å². The molecule has 1 aromatic heterocycles. The summed E-state index contributed by atoms with van der Waals surface area (Å²) in [4.78, 5) is 4.28. The maximum atomic E-state index is 12.6. The number of benzene rings is 2. The average molecular weight is 342 g/mol. The number of aromatic nitrogens is 1. The third-order valence-electron chi connectivity index (χ3n) is 3.79. The summed E-state index contributed by atoms with van der Waals surface area (Å²) in [5.74, 6) is 0.481. The van der Waals surface area contributed by atoms with Crippen molar-refractivity contribution < 1.29 is 13.2 Å². The highest BCUT2D eigenvalue weighted by Crippen LogP contribution is 2.29. The SMILES string of the molecule is COc1cc(NS(=O)(=O)Cc2ccccc2C)c2ncccc2c1. The van der Waals surface area contributed by atoms with E-state index in [-0.39, 0.29) is 5.75 Å². The first-order chi connectivity index (χ1) is 11.5. The van der Waals surface area contributed by atoms with E-state index in [2.05, 4.69) is 9.71 Å². The minimum Gasteiger partial charge on any atom is -0.497 e. The molecule has 0 bridgehead atoms. The van der Waals surface area contributed by atoms with E-state index in [1.54, 1.807) is 25.4 Å². The standard InChI is InChI=1S/C18H18N2O3S/c1-13-6-3-4-7-15(13)12-24(21,22)20-17-11-16(23-2)10-14-8-5-9-19-18(14)17/h3-11,20H,12H2,1-2H3. The van der Waals surface area contributed by atoms with Gasteiger partial charge in [-0.3, -0.25) is 9.71 Å². The predicted octanol–water partition coefficient (Wildman–Crippen LogP) is 3.49. The fourth-order valence-electron chi connectivity index (χ4n) is 2.54. The number of nitrogens with one attached hydrogen (secondary N) is 1. The third-order valence-corrected chi connectivity index (χ3v) is 5.01. The van der Waals surface area contributed by atoms with Crippen LogP contribution in [0.3, 0.4) is 0 Å². The topological polar surface area (TPSA) is 68.3 Å². The summed E-state index contributed by atoms with van der Waals surface area (Å²) in [5, 5.41) is 0.811. The number of pyridine rings is 1. The third kappa shape index (κ3) is 3.49. The molecule has 24 heavy (non-hydrogen) atoms. The van der Waals surface area contributed by atoms with Gasteiger partial charge in [0, 0.05) is 17.6 Å². The Bertz CT molecular complexity index is 984. The van der Waals surface area contributed by atoms with Crippen molar-refractivity contribution in [1.29, 1.82) is 0 Å². The minimum atomic E-state index is -3.57. The molecule has 0 spiro atoms. The van der Waals surface area contributed by atoms with Crippen molar-refractivity contribution in [3.8, 4) is 5.75 Å². The first kappa shape index (κ1) is 16.3. The summed E-state index contributed by atoms with van der Waals surface area (Å²) in [6.45, 7) is 1.90. The second-order valence-electron chi connectivity index (χ2n) is 5.54. The van der Waals surface area contributed by atoms with Crippen molar-refractivity contribution in [2.45, 2.75) is 12.7 Å². The lowest BCUT2D eigenvalue weighted by Crippen LogP contribution is -2.16. The summed E-state index contributed by atoms with van der Waals surface area (Å²) in [5.41, 5.74) is 2.71. The second kappa shape index (κ2) is 6.49. The molecule has 0 saturated carbocycles. The molecule has 0 aliphatic heterocycles. The van der Waals surface area contributed by atoms with Crippen molar-refractivity contribution in [2.75, 3.05) is 11.8 Å². The van der Waals surface area contributed by atoms with Crippen LogP contribution < -0.4 is 9.46 Å². The average Bonchev–Trinajstić information content (AvgIpc) is 2.56. The second-order valence-corrected chi connectivity index (χ2v) is 7.26. The smallest absolute Gasteiger partial charge is 0.237 e. The van der Waals surface area contributed by atoms with Crippen LogP contribution in [0.4, 0.5) is 5.69 Å². The number of ether oxygens (including phenoxy) is 1. The molecule has 0 fully saturated rings. The van der Waals surface area contributed by atoms with Gasteiger partial charge in [-0.2, -0.15) is 0 Å². The molecule has 124 valence electrons. The minimum absolute atomic E-state index is 0.0921. The number of methoxy groups -OCH3 is 1. The van der Waals surface area contributed by atoms with Crippen molar-refractivity contribution >= 4 is 26.6 Å². The number of sulfonamides is 1. The van der Waals surface area contributed by atoms with Crippen LogP contribution in [-0.4, -0.2) is 20.5 Å². The Labute approximate surface area is 141 Å². The zero-order chi connectivity index (χ0) is 17.2. The number of aryl methyl sites for hydroxylation is 1. The highest BCUT2D eigenvalue weighted by molar-refractivity contribution is 7.91. The molecule has 0 amide bonds. The van der Waals surface area contributed by atoms with Gasteiger partial charge in [-0.05, 0) is 30.2 Å². The van der Waals surface area contributed by atoms with Gasteiger partial charge in [0.2, 0.25) is 10.0 Å². The van der Waals surface area contributed by atoms with Gasteiger partial charge >= 0.3 is 0 Å². The monoisotopic (exact) mass is 342 g/mol. The fourth-order valence-corrected chi connectivity index (χ4v) is 3.84. The van der Waals surface area contributed by atoms with Gasteiger partial charge in [0.1, 0.15) is 5.75 Å². The first-order valence-electron chi connectivity index (χ1n) is 7.46. The van der Waals surface area contributed by atoms with Gasteiger partial charge in [-0.15, -0.1) is 0 Å². The van der Waals surface area contributed by atoms with Crippen LogP contribution in [0.1, 0.15) is 11.1 Å². The van der Waals surface area contributed by atoms with E-state index in [0.29, 0.717) is 17.0 Å². The van der Waals surface area contributed by atoms with E-state index < -0.39 is 10.0 Å². The molecule has 1 heterocycles. The van der Waals surface area contributed by atoms with Gasteiger partial charge in [0.15, 0.2) is 0 Å². The van der Waals surface area contributed by atoms with Crippen molar-refractivity contribution in [3.63, 3.8) is 0 Å². The van der Waals surface area contributed by atoms with Crippen molar-refractivity contribution in [1.82, 2.24) is 4.98 Å². The number of fused-ring (bicyclic) bond motifs is 1. The number of anilines is 1. The lowest BCUT2D eigenvalue weighted by Gasteiger charge is -2.13. The van der Waals surface area contributed by atoms with Crippen molar-refractivity contribution in [3.05, 3.63) is 65.9 Å². The van der Waals surface area contributed by atoms with Crippen LogP contribution >= 0.6 is 0 Å². The molecule has 1 N–H and O–H groups in total. The maximum Gasteiger partial charge on any atom is 0.237 e. The highest BCUT2D eigenvalue weighted by Gasteiger charge is 2.16. The molecular weight excluding hydrogens is 324 g/mol. The van der Waals surface area contributed by atoms with E-state index in [4.69, 9.17) is 4.74 Å². The lowest BCUT2D eigenvalue weighted by atomic mass is 10.1. The van der Waals surface area contributed by atoms with E-state index in [9.17, 15) is 8.42 Å². The molecule has 0 unspecified atom stereocenters. The summed E-state index contributed by atoms with van der Waals surface area (Å²) >= 11 is 0. The molecule has 5 nitrogen and oxygen atoms in total. The van der Waals surface area contributed by atoms with Gasteiger partial charge < -0.3 is 4.74 Å². The molecule has 0 radical (unpaired) electrons. The highest BCUT2D eigenvalue weighted by atomic mass is 32.2. The van der Waals surface area contributed by atoms with E-state index in [0.717, 1.165) is 16.5 Å². The normalized spacial score (nSPS) is 11.4. The summed E-state index contributed by atoms with van der Waals surface area (Å²) in [7, 11) is -2.03. The first-order valence-corrected chi connectivity index (χ1v) is 9.11. The number of hydrogen-bond donors (Lipinski definition) is 1. The van der Waals surface area contributed by atoms with E-state index >= 15 is 0 Å². The van der Waals surface area contributed by atoms with E-state index in [1.807, 2.05) is 43.3 Å². The Morgan fingerprint density at radius 1 is 1.12 bits per heavy atom. The lowest BCUT2D eigenvalue weighted by molar-refractivity contribution is 0.415. The predicted molar refractivity (Wildman–Crippen MR) is 95.7 cm³/mol. The molecule has 0 aliphatic carbocycles. The Kier molecular flexibility index (Phi) is 4.40. The molecule has 0 aliphatic rings. The molecule has 0 saturated heterocycles. The molecule has 3 aromatic rings. The largest absolute Gasteiger partial charge is 0.497 e. The fraction of sp³-hybridized carbons (Fsp3) is 0.167. The van der Waals surface area contributed by atoms with E-state index in [1.165, 1.54) is 0 Å². The Morgan fingerprint density at radius 3 is 2.67 bits per heavy atom. The molecule has 0 atom stereocenters. The molecule has 6 heteroatoms. The Balaban J connectivity index is 1.98. The zero-order valence-electron chi connectivity index (χ0n) is 13.5. The molecule has 2 aromatic carbocycles. The summed E-state index contributed by atoms with van der Waals surface area (Å²) in [6.07, 6.45) is 1.63. The Morgan fingerprint density at radius 2 is 1.92 bits per heavy atom. The Hall–Kier alpha value is -2.60. The zero-order valence-corrected chi connectivity index (χ0v) is 14.3. The van der Waals surface area contributed by atoms with Crippen molar-refractivity contribution in [2.24, 2.45) is 0 Å². The molecular formula is C18H18N2O3S. The maximum absolute atomic E-state index is 12.6. The van der Waals surface area contributed by atoms with Crippen LogP contribution in [0.25, 0.3) is 10.9 Å². The van der Waals surface area contributed by atoms with Crippen LogP contribution in [0.2, 0.25) is 0 Å². The van der Waals surface area contributed by atoms with Gasteiger partial charge in [-0.1, -0.05) is 30.3 Å². The van der Waals surface area contributed by atoms with Crippen LogP contribution in [0.5, 0.6) is 5.75 Å². The van der Waals surface area contributed by atoms with Crippen LogP contribution in [0.15, 0.2) is 54.7 Å². The summed E-state index contributed by atoms with van der Waals surface area (Å²) < 4.78 is 33.1. The van der Waals surface area contributed by atoms with Gasteiger partial charge in [0.05, 0.1) is 24.1 Å². The quantitative estimate of drug-likeness (QED) is 0.770. The summed E-state index contributed by atoms with van der Waals surface area (Å²) in [6, 6.07) is 14.6. The van der Waals surface area contributed by atoms with Gasteiger partial charge in [0.25, 0.3) is 0 Å². The van der Waals surface area contributed by atoms with Crippen LogP contribution in [0, 0.1) is 6.92 Å².